The molecule has 0 bridgehead atoms. The van der Waals surface area contributed by atoms with Gasteiger partial charge in [-0.25, -0.2) is 0 Å². The molecule has 2 rings (SSSR count). The minimum absolute atomic E-state index is 0. The number of hydrogen-bond acceptors (Lipinski definition) is 3. The number of halogens is 1. The van der Waals surface area contributed by atoms with Crippen molar-refractivity contribution in [2.75, 3.05) is 13.2 Å². The molecule has 4 nitrogen and oxygen atoms in total. The van der Waals surface area contributed by atoms with Crippen LogP contribution in [0.4, 0.5) is 0 Å². The first-order valence-electron chi connectivity index (χ1n) is 7.20. The Morgan fingerprint density at radius 3 is 2.50 bits per heavy atom. The average molecular weight is 323 g/mol. The normalized spacial score (nSPS) is 12.0. The number of benzene rings is 2. The van der Waals surface area contributed by atoms with Crippen LogP contribution in [-0.2, 0) is 9.53 Å². The van der Waals surface area contributed by atoms with Crippen LogP contribution < -0.4 is 11.1 Å². The first-order chi connectivity index (χ1) is 10.1. The van der Waals surface area contributed by atoms with Gasteiger partial charge in [-0.15, -0.1) is 12.4 Å². The largest absolute Gasteiger partial charge is 0.369 e. The topological polar surface area (TPSA) is 64.3 Å². The molecular formula is C17H23ClN2O2. The highest BCUT2D eigenvalue weighted by Crippen LogP contribution is 2.20. The highest BCUT2D eigenvalue weighted by molar-refractivity contribution is 5.85. The van der Waals surface area contributed by atoms with Crippen molar-refractivity contribution < 1.29 is 9.53 Å². The van der Waals surface area contributed by atoms with E-state index in [1.807, 2.05) is 38.1 Å². The van der Waals surface area contributed by atoms with Crippen molar-refractivity contribution in [2.45, 2.75) is 26.0 Å². The van der Waals surface area contributed by atoms with Crippen LogP contribution in [0.5, 0.6) is 0 Å². The molecule has 5 heteroatoms. The molecule has 1 atom stereocenters. The number of nitrogens with two attached hydrogens (primary N) is 1. The lowest BCUT2D eigenvalue weighted by Gasteiger charge is -2.18. The summed E-state index contributed by atoms with van der Waals surface area (Å²) in [6.45, 7) is 4.21. The molecule has 0 radical (unpaired) electrons. The number of fused-ring (bicyclic) bond motifs is 1. The van der Waals surface area contributed by atoms with Gasteiger partial charge in [0.25, 0.3) is 0 Å². The van der Waals surface area contributed by atoms with Gasteiger partial charge < -0.3 is 15.8 Å². The third-order valence-electron chi connectivity index (χ3n) is 3.29. The molecule has 2 aromatic carbocycles. The fourth-order valence-electron chi connectivity index (χ4n) is 2.18. The Hall–Kier alpha value is -1.62. The second kappa shape index (κ2) is 8.73. The van der Waals surface area contributed by atoms with Crippen LogP contribution in [0.2, 0.25) is 0 Å². The van der Waals surface area contributed by atoms with Crippen molar-refractivity contribution in [2.24, 2.45) is 5.73 Å². The molecule has 120 valence electrons. The van der Waals surface area contributed by atoms with Gasteiger partial charge in [-0.1, -0.05) is 36.4 Å². The van der Waals surface area contributed by atoms with Gasteiger partial charge in [0, 0.05) is 6.54 Å². The maximum Gasteiger partial charge on any atom is 0.246 e. The number of rotatable bonds is 6. The van der Waals surface area contributed by atoms with Gasteiger partial charge in [-0.3, -0.25) is 4.79 Å². The molecule has 3 N–H and O–H groups in total. The van der Waals surface area contributed by atoms with Crippen LogP contribution in [0.3, 0.4) is 0 Å². The number of nitrogens with one attached hydrogen (secondary N) is 1. The molecule has 0 saturated carbocycles. The molecule has 0 heterocycles. The number of ether oxygens (including phenoxy) is 1. The van der Waals surface area contributed by atoms with E-state index in [2.05, 4.69) is 23.5 Å². The second-order valence-electron chi connectivity index (χ2n) is 5.32. The van der Waals surface area contributed by atoms with E-state index in [1.165, 1.54) is 5.39 Å². The number of amides is 1. The smallest absolute Gasteiger partial charge is 0.246 e. The van der Waals surface area contributed by atoms with Gasteiger partial charge in [-0.2, -0.15) is 0 Å². The van der Waals surface area contributed by atoms with Gasteiger partial charge in [0.05, 0.1) is 12.1 Å². The molecule has 0 aliphatic carbocycles. The van der Waals surface area contributed by atoms with Crippen molar-refractivity contribution in [3.05, 3.63) is 48.0 Å². The van der Waals surface area contributed by atoms with E-state index in [4.69, 9.17) is 10.5 Å². The zero-order valence-electron chi connectivity index (χ0n) is 12.9. The predicted octanol–water partition coefficient (Wildman–Crippen LogP) is 2.80. The lowest BCUT2D eigenvalue weighted by atomic mass is 10.0. The molecule has 0 aromatic heterocycles. The van der Waals surface area contributed by atoms with Gasteiger partial charge in [-0.05, 0) is 36.2 Å². The summed E-state index contributed by atoms with van der Waals surface area (Å²) < 4.78 is 5.30. The van der Waals surface area contributed by atoms with Crippen molar-refractivity contribution in [3.63, 3.8) is 0 Å². The summed E-state index contributed by atoms with van der Waals surface area (Å²) in [4.78, 5) is 11.9. The minimum Gasteiger partial charge on any atom is -0.369 e. The Morgan fingerprint density at radius 1 is 1.18 bits per heavy atom. The van der Waals surface area contributed by atoms with E-state index in [9.17, 15) is 4.79 Å². The summed E-state index contributed by atoms with van der Waals surface area (Å²) in [6, 6.07) is 14.0. The van der Waals surface area contributed by atoms with Crippen molar-refractivity contribution in [1.29, 1.82) is 0 Å². The van der Waals surface area contributed by atoms with E-state index in [-0.39, 0.29) is 37.1 Å². The highest BCUT2D eigenvalue weighted by atomic mass is 35.5. The molecular weight excluding hydrogens is 300 g/mol. The lowest BCUT2D eigenvalue weighted by Crippen LogP contribution is -2.36. The van der Waals surface area contributed by atoms with Gasteiger partial charge >= 0.3 is 0 Å². The Bertz CT molecular complexity index is 616. The summed E-state index contributed by atoms with van der Waals surface area (Å²) in [6.07, 6.45) is 0.0349. The van der Waals surface area contributed by atoms with Gasteiger partial charge in [0.1, 0.15) is 6.61 Å². The average Bonchev–Trinajstić information content (AvgIpc) is 2.50. The maximum atomic E-state index is 11.9. The van der Waals surface area contributed by atoms with E-state index >= 15 is 0 Å². The first-order valence-corrected chi connectivity index (χ1v) is 7.20. The van der Waals surface area contributed by atoms with Crippen LogP contribution in [-0.4, -0.2) is 25.2 Å². The summed E-state index contributed by atoms with van der Waals surface area (Å²) >= 11 is 0. The number of carbonyl (C=O) groups is 1. The molecule has 0 spiro atoms. The van der Waals surface area contributed by atoms with E-state index in [1.54, 1.807) is 0 Å². The van der Waals surface area contributed by atoms with Gasteiger partial charge in [0.2, 0.25) is 5.91 Å². The zero-order valence-corrected chi connectivity index (χ0v) is 13.7. The monoisotopic (exact) mass is 322 g/mol. The zero-order chi connectivity index (χ0) is 15.2. The SMILES string of the molecule is CC(C)OCC(=O)NC(CN)c1ccc2ccccc2c1.Cl. The molecule has 0 saturated heterocycles. The number of hydrogen-bond donors (Lipinski definition) is 2. The predicted molar refractivity (Wildman–Crippen MR) is 92.2 cm³/mol. The molecule has 0 fully saturated rings. The molecule has 1 amide bonds. The second-order valence-corrected chi connectivity index (χ2v) is 5.32. The Balaban J connectivity index is 0.00000242. The van der Waals surface area contributed by atoms with Gasteiger partial charge in [0.15, 0.2) is 0 Å². The van der Waals surface area contributed by atoms with Crippen LogP contribution in [0.25, 0.3) is 10.8 Å². The lowest BCUT2D eigenvalue weighted by molar-refractivity contribution is -0.127. The quantitative estimate of drug-likeness (QED) is 0.859. The highest BCUT2D eigenvalue weighted by Gasteiger charge is 2.13. The fourth-order valence-corrected chi connectivity index (χ4v) is 2.18. The van der Waals surface area contributed by atoms with Crippen molar-refractivity contribution in [1.82, 2.24) is 5.32 Å². The van der Waals surface area contributed by atoms with Crippen LogP contribution in [0, 0.1) is 0 Å². The standard InChI is InChI=1S/C17H22N2O2.ClH/c1-12(2)21-11-17(20)19-16(10-18)15-8-7-13-5-3-4-6-14(13)9-15;/h3-9,12,16H,10-11,18H2,1-2H3,(H,19,20);1H. The van der Waals surface area contributed by atoms with Crippen LogP contribution in [0.1, 0.15) is 25.5 Å². The maximum absolute atomic E-state index is 11.9. The molecule has 2 aromatic rings. The minimum atomic E-state index is -0.196. The Kier molecular flexibility index (Phi) is 7.32. The molecule has 22 heavy (non-hydrogen) atoms. The molecule has 1 unspecified atom stereocenters. The van der Waals surface area contributed by atoms with Crippen molar-refractivity contribution >= 4 is 29.1 Å². The Labute approximate surface area is 137 Å². The van der Waals surface area contributed by atoms with Crippen molar-refractivity contribution in [3.8, 4) is 0 Å². The summed E-state index contributed by atoms with van der Waals surface area (Å²) in [5.74, 6) is -0.146. The summed E-state index contributed by atoms with van der Waals surface area (Å²) in [5.41, 5.74) is 6.81. The van der Waals surface area contributed by atoms with E-state index in [0.29, 0.717) is 6.54 Å². The molecule has 0 aliphatic heterocycles. The number of carbonyl (C=O) groups excluding carboxylic acids is 1. The molecule has 0 aliphatic rings. The third kappa shape index (κ3) is 4.98. The first kappa shape index (κ1) is 18.4. The van der Waals surface area contributed by atoms with Crippen LogP contribution >= 0.6 is 12.4 Å². The van der Waals surface area contributed by atoms with E-state index < -0.39 is 0 Å². The fraction of sp³-hybridized carbons (Fsp3) is 0.353. The Morgan fingerprint density at radius 2 is 1.86 bits per heavy atom. The summed E-state index contributed by atoms with van der Waals surface area (Å²) in [7, 11) is 0. The van der Waals surface area contributed by atoms with Crippen LogP contribution in [0.15, 0.2) is 42.5 Å². The summed E-state index contributed by atoms with van der Waals surface area (Å²) in [5, 5.41) is 5.23. The van der Waals surface area contributed by atoms with E-state index in [0.717, 1.165) is 10.9 Å². The third-order valence-corrected chi connectivity index (χ3v) is 3.29.